The third kappa shape index (κ3) is 2.71. The molecule has 3 rings (SSSR count). The molecule has 0 saturated heterocycles. The molecule has 0 radical (unpaired) electrons. The Labute approximate surface area is 125 Å². The molecule has 1 aliphatic heterocycles. The molecule has 1 unspecified atom stereocenters. The first-order valence-corrected chi connectivity index (χ1v) is 6.69. The maximum absolute atomic E-state index is 10.9. The second-order valence-electron chi connectivity index (χ2n) is 4.60. The van der Waals surface area contributed by atoms with E-state index in [1.54, 1.807) is 29.3 Å². The van der Waals surface area contributed by atoms with Gasteiger partial charge in [0.15, 0.2) is 0 Å². The average Bonchev–Trinajstić information content (AvgIpc) is 2.97. The van der Waals surface area contributed by atoms with Crippen molar-refractivity contribution < 1.29 is 4.92 Å². The molecule has 7 heteroatoms. The van der Waals surface area contributed by atoms with Gasteiger partial charge in [0.25, 0.3) is 5.69 Å². The van der Waals surface area contributed by atoms with E-state index in [0.717, 1.165) is 11.3 Å². The van der Waals surface area contributed by atoms with Crippen LogP contribution in [0, 0.1) is 10.1 Å². The van der Waals surface area contributed by atoms with Crippen molar-refractivity contribution in [1.82, 2.24) is 0 Å². The van der Waals surface area contributed by atoms with E-state index in [4.69, 9.17) is 11.6 Å². The van der Waals surface area contributed by atoms with Gasteiger partial charge in [-0.05, 0) is 29.8 Å². The van der Waals surface area contributed by atoms with Crippen LogP contribution in [-0.2, 0) is 0 Å². The minimum atomic E-state index is -0.403. The first-order valence-electron chi connectivity index (χ1n) is 6.32. The Morgan fingerprint density at radius 3 is 2.71 bits per heavy atom. The number of benzene rings is 2. The van der Waals surface area contributed by atoms with Crippen molar-refractivity contribution in [3.63, 3.8) is 0 Å². The predicted molar refractivity (Wildman–Crippen MR) is 79.5 cm³/mol. The summed E-state index contributed by atoms with van der Waals surface area (Å²) in [6, 6.07) is 13.6. The van der Waals surface area contributed by atoms with E-state index < -0.39 is 4.92 Å². The zero-order chi connectivity index (χ0) is 14.8. The highest BCUT2D eigenvalue weighted by Crippen LogP contribution is 2.33. The highest BCUT2D eigenvalue weighted by atomic mass is 35.5. The van der Waals surface area contributed by atoms with Gasteiger partial charge in [0.1, 0.15) is 6.04 Å². The predicted octanol–water partition coefficient (Wildman–Crippen LogP) is 4.18. The van der Waals surface area contributed by atoms with E-state index in [1.807, 2.05) is 18.2 Å². The molecule has 6 nitrogen and oxygen atoms in total. The number of hydrogen-bond donors (Lipinski definition) is 0. The molecule has 0 aliphatic carbocycles. The van der Waals surface area contributed by atoms with Crippen LogP contribution in [0.2, 0.25) is 5.02 Å². The minimum Gasteiger partial charge on any atom is -0.258 e. The summed E-state index contributed by atoms with van der Waals surface area (Å²) in [6.45, 7) is 0.462. The van der Waals surface area contributed by atoms with Gasteiger partial charge in [-0.1, -0.05) is 29.0 Å². The van der Waals surface area contributed by atoms with Gasteiger partial charge < -0.3 is 0 Å². The molecular formula is C14H11ClN4O2. The minimum absolute atomic E-state index is 0.0652. The smallest absolute Gasteiger partial charge is 0.258 e. The van der Waals surface area contributed by atoms with Crippen molar-refractivity contribution >= 4 is 23.0 Å². The number of nitrogens with zero attached hydrogens (tertiary/aromatic N) is 4. The van der Waals surface area contributed by atoms with E-state index >= 15 is 0 Å². The van der Waals surface area contributed by atoms with E-state index in [1.165, 1.54) is 6.07 Å². The van der Waals surface area contributed by atoms with Crippen molar-refractivity contribution in [3.05, 3.63) is 69.2 Å². The van der Waals surface area contributed by atoms with Crippen LogP contribution in [0.3, 0.4) is 0 Å². The lowest BCUT2D eigenvalue weighted by Crippen LogP contribution is -2.20. The fourth-order valence-electron chi connectivity index (χ4n) is 2.24. The number of halogens is 1. The highest BCUT2D eigenvalue weighted by molar-refractivity contribution is 6.30. The number of non-ortho nitro benzene ring substituents is 1. The maximum atomic E-state index is 10.9. The molecule has 0 N–H and O–H groups in total. The van der Waals surface area contributed by atoms with Gasteiger partial charge in [-0.2, -0.15) is 5.11 Å². The van der Waals surface area contributed by atoms with Crippen molar-refractivity contribution in [2.24, 2.45) is 10.3 Å². The van der Waals surface area contributed by atoms with Crippen LogP contribution in [0.25, 0.3) is 0 Å². The lowest BCUT2D eigenvalue weighted by Gasteiger charge is -2.22. The molecular weight excluding hydrogens is 292 g/mol. The standard InChI is InChI=1S/C14H11ClN4O2/c15-11-4-6-12(7-5-11)18-14(9-16-17-18)10-2-1-3-13(8-10)19(20)21/h1-8,14H,9H2. The average molecular weight is 303 g/mol. The van der Waals surface area contributed by atoms with E-state index in [2.05, 4.69) is 10.3 Å². The summed E-state index contributed by atoms with van der Waals surface area (Å²) in [7, 11) is 0. The van der Waals surface area contributed by atoms with Crippen LogP contribution in [0.15, 0.2) is 58.9 Å². The number of hydrogen-bond acceptors (Lipinski definition) is 5. The zero-order valence-electron chi connectivity index (χ0n) is 10.9. The van der Waals surface area contributed by atoms with Gasteiger partial charge in [0, 0.05) is 17.2 Å². The molecule has 1 aliphatic rings. The van der Waals surface area contributed by atoms with Gasteiger partial charge in [0.05, 0.1) is 17.2 Å². The molecule has 1 heterocycles. The van der Waals surface area contributed by atoms with E-state index in [9.17, 15) is 10.1 Å². The number of nitro benzene ring substituents is 1. The van der Waals surface area contributed by atoms with Crippen molar-refractivity contribution in [1.29, 1.82) is 0 Å². The molecule has 0 aromatic heterocycles. The quantitative estimate of drug-likeness (QED) is 0.631. The highest BCUT2D eigenvalue weighted by Gasteiger charge is 2.26. The summed E-state index contributed by atoms with van der Waals surface area (Å²) in [5.41, 5.74) is 1.72. The van der Waals surface area contributed by atoms with Gasteiger partial charge >= 0.3 is 0 Å². The fraction of sp³-hybridized carbons (Fsp3) is 0.143. The second-order valence-corrected chi connectivity index (χ2v) is 5.04. The zero-order valence-corrected chi connectivity index (χ0v) is 11.6. The van der Waals surface area contributed by atoms with Gasteiger partial charge in [-0.15, -0.1) is 0 Å². The molecule has 21 heavy (non-hydrogen) atoms. The number of nitro groups is 1. The summed E-state index contributed by atoms with van der Waals surface area (Å²) >= 11 is 5.88. The van der Waals surface area contributed by atoms with Gasteiger partial charge in [-0.3, -0.25) is 10.1 Å². The summed E-state index contributed by atoms with van der Waals surface area (Å²) < 4.78 is 0. The van der Waals surface area contributed by atoms with Gasteiger partial charge in [0.2, 0.25) is 0 Å². The normalized spacial score (nSPS) is 17.2. The molecule has 106 valence electrons. The molecule has 0 amide bonds. The fourth-order valence-corrected chi connectivity index (χ4v) is 2.37. The van der Waals surface area contributed by atoms with Crippen LogP contribution in [0.4, 0.5) is 11.4 Å². The summed E-state index contributed by atoms with van der Waals surface area (Å²) in [5.74, 6) is 0. The van der Waals surface area contributed by atoms with E-state index in [0.29, 0.717) is 11.6 Å². The Morgan fingerprint density at radius 1 is 1.24 bits per heavy atom. The third-order valence-electron chi connectivity index (χ3n) is 3.27. The molecule has 2 aromatic rings. The van der Waals surface area contributed by atoms with Crippen LogP contribution in [0.1, 0.15) is 11.6 Å². The van der Waals surface area contributed by atoms with Crippen LogP contribution < -0.4 is 5.01 Å². The lowest BCUT2D eigenvalue weighted by molar-refractivity contribution is -0.384. The molecule has 0 fully saturated rings. The summed E-state index contributed by atoms with van der Waals surface area (Å²) in [5, 5.41) is 21.4. The molecule has 0 spiro atoms. The Morgan fingerprint density at radius 2 is 2.00 bits per heavy atom. The van der Waals surface area contributed by atoms with E-state index in [-0.39, 0.29) is 11.7 Å². The monoisotopic (exact) mass is 302 g/mol. The van der Waals surface area contributed by atoms with Crippen LogP contribution >= 0.6 is 11.6 Å². The number of anilines is 1. The molecule has 2 aromatic carbocycles. The second kappa shape index (κ2) is 5.49. The topological polar surface area (TPSA) is 71.1 Å². The maximum Gasteiger partial charge on any atom is 0.269 e. The first kappa shape index (κ1) is 13.5. The lowest BCUT2D eigenvalue weighted by atomic mass is 10.1. The Kier molecular flexibility index (Phi) is 3.53. The third-order valence-corrected chi connectivity index (χ3v) is 3.52. The largest absolute Gasteiger partial charge is 0.269 e. The Balaban J connectivity index is 1.93. The summed E-state index contributed by atoms with van der Waals surface area (Å²) in [4.78, 5) is 10.5. The van der Waals surface area contributed by atoms with Crippen LogP contribution in [0.5, 0.6) is 0 Å². The van der Waals surface area contributed by atoms with Crippen LogP contribution in [-0.4, -0.2) is 11.5 Å². The van der Waals surface area contributed by atoms with Crippen molar-refractivity contribution in [3.8, 4) is 0 Å². The SMILES string of the molecule is O=[N+]([O-])c1cccc(C2CN=NN2c2ccc(Cl)cc2)c1. The number of rotatable bonds is 3. The molecule has 0 saturated carbocycles. The van der Waals surface area contributed by atoms with Crippen molar-refractivity contribution in [2.75, 3.05) is 11.6 Å². The molecule has 0 bridgehead atoms. The molecule has 1 atom stereocenters. The van der Waals surface area contributed by atoms with Crippen molar-refractivity contribution in [2.45, 2.75) is 6.04 Å². The Hall–Kier alpha value is -2.47. The first-order chi connectivity index (χ1) is 10.1. The Bertz CT molecular complexity index is 702. The van der Waals surface area contributed by atoms with Gasteiger partial charge in [-0.25, -0.2) is 5.01 Å². The summed E-state index contributed by atoms with van der Waals surface area (Å²) in [6.07, 6.45) is 0.